The van der Waals surface area contributed by atoms with E-state index in [2.05, 4.69) is 4.74 Å². The summed E-state index contributed by atoms with van der Waals surface area (Å²) in [5.74, 6) is 0.352. The highest BCUT2D eigenvalue weighted by molar-refractivity contribution is 8.13. The van der Waals surface area contributed by atoms with Crippen LogP contribution in [0, 0.1) is 5.92 Å². The molecule has 0 aromatic rings. The van der Waals surface area contributed by atoms with Gasteiger partial charge in [0.15, 0.2) is 5.12 Å². The van der Waals surface area contributed by atoms with Crippen molar-refractivity contribution >= 4 is 22.8 Å². The molecule has 2 unspecified atom stereocenters. The highest BCUT2D eigenvalue weighted by Gasteiger charge is 2.27. The topological polar surface area (TPSA) is 52.6 Å². The summed E-state index contributed by atoms with van der Waals surface area (Å²) in [7, 11) is 1.39. The Bertz CT molecular complexity index is 234. The number of methoxy groups -OCH3 is 1. The number of ether oxygens (including phenoxy) is 2. The molecule has 1 aliphatic rings. The lowest BCUT2D eigenvalue weighted by Gasteiger charge is -2.26. The molecule has 1 fully saturated rings. The zero-order valence-corrected chi connectivity index (χ0v) is 9.84. The largest absolute Gasteiger partial charge is 0.469 e. The van der Waals surface area contributed by atoms with E-state index in [0.29, 0.717) is 12.4 Å². The lowest BCUT2D eigenvalue weighted by Crippen LogP contribution is -2.32. The summed E-state index contributed by atoms with van der Waals surface area (Å²) in [6.45, 7) is 1.96. The van der Waals surface area contributed by atoms with E-state index < -0.39 is 0 Å². The van der Waals surface area contributed by atoms with Crippen LogP contribution in [0.25, 0.3) is 0 Å². The van der Waals surface area contributed by atoms with E-state index in [1.807, 2.05) is 0 Å². The molecule has 0 aromatic carbocycles. The van der Waals surface area contributed by atoms with Crippen LogP contribution >= 0.6 is 11.8 Å². The van der Waals surface area contributed by atoms with Crippen molar-refractivity contribution in [3.63, 3.8) is 0 Å². The van der Waals surface area contributed by atoms with Crippen LogP contribution in [0.4, 0.5) is 0 Å². The lowest BCUT2D eigenvalue weighted by molar-refractivity contribution is -0.151. The summed E-state index contributed by atoms with van der Waals surface area (Å²) in [5, 5.41) is 0.105. The van der Waals surface area contributed by atoms with Crippen LogP contribution < -0.4 is 0 Å². The zero-order chi connectivity index (χ0) is 11.3. The molecule has 0 amide bonds. The fourth-order valence-corrected chi connectivity index (χ4v) is 2.18. The van der Waals surface area contributed by atoms with E-state index in [1.165, 1.54) is 18.9 Å². The Balaban J connectivity index is 2.23. The summed E-state index contributed by atoms with van der Waals surface area (Å²) < 4.78 is 10.1. The van der Waals surface area contributed by atoms with Gasteiger partial charge in [-0.3, -0.25) is 9.59 Å². The molecule has 4 nitrogen and oxygen atoms in total. The van der Waals surface area contributed by atoms with Crippen molar-refractivity contribution in [2.75, 3.05) is 19.5 Å². The Hall–Kier alpha value is -0.550. The maximum absolute atomic E-state index is 11.2. The van der Waals surface area contributed by atoms with Crippen LogP contribution in [-0.4, -0.2) is 36.7 Å². The number of rotatable bonds is 3. The smallest absolute Gasteiger partial charge is 0.311 e. The van der Waals surface area contributed by atoms with Crippen molar-refractivity contribution in [3.05, 3.63) is 0 Å². The first kappa shape index (κ1) is 12.5. The van der Waals surface area contributed by atoms with Gasteiger partial charge in [-0.25, -0.2) is 0 Å². The Morgan fingerprint density at radius 1 is 1.47 bits per heavy atom. The van der Waals surface area contributed by atoms with Crippen LogP contribution in [0.5, 0.6) is 0 Å². The monoisotopic (exact) mass is 232 g/mol. The number of thioether (sulfide) groups is 1. The third kappa shape index (κ3) is 4.22. The van der Waals surface area contributed by atoms with E-state index in [9.17, 15) is 9.59 Å². The van der Waals surface area contributed by atoms with Gasteiger partial charge in [0.25, 0.3) is 0 Å². The number of hydrogen-bond acceptors (Lipinski definition) is 5. The van der Waals surface area contributed by atoms with E-state index in [1.54, 1.807) is 6.92 Å². The van der Waals surface area contributed by atoms with Gasteiger partial charge in [0, 0.05) is 12.7 Å². The Labute approximate surface area is 93.7 Å². The van der Waals surface area contributed by atoms with E-state index in [-0.39, 0.29) is 23.1 Å². The second-order valence-electron chi connectivity index (χ2n) is 3.56. The lowest BCUT2D eigenvalue weighted by atomic mass is 9.99. The molecule has 0 radical (unpaired) electrons. The van der Waals surface area contributed by atoms with Gasteiger partial charge in [-0.15, -0.1) is 0 Å². The van der Waals surface area contributed by atoms with Gasteiger partial charge in [-0.2, -0.15) is 0 Å². The predicted octanol–water partition coefficient (Wildman–Crippen LogP) is 1.23. The fourth-order valence-electron chi connectivity index (χ4n) is 1.50. The minimum absolute atomic E-state index is 0.0970. The Morgan fingerprint density at radius 2 is 2.20 bits per heavy atom. The molecular weight excluding hydrogens is 216 g/mol. The van der Waals surface area contributed by atoms with Crippen molar-refractivity contribution in [3.8, 4) is 0 Å². The summed E-state index contributed by atoms with van der Waals surface area (Å²) in [6, 6.07) is 0. The first-order valence-electron chi connectivity index (χ1n) is 4.96. The second-order valence-corrected chi connectivity index (χ2v) is 4.75. The van der Waals surface area contributed by atoms with E-state index >= 15 is 0 Å². The van der Waals surface area contributed by atoms with Gasteiger partial charge in [-0.1, -0.05) is 11.8 Å². The number of carbonyl (C=O) groups is 2. The van der Waals surface area contributed by atoms with Crippen LogP contribution in [0.2, 0.25) is 0 Å². The number of carbonyl (C=O) groups excluding carboxylic acids is 2. The first-order valence-corrected chi connectivity index (χ1v) is 5.95. The number of hydrogen-bond donors (Lipinski definition) is 0. The molecule has 0 saturated carbocycles. The molecule has 0 aliphatic carbocycles. The molecule has 0 spiro atoms. The maximum Gasteiger partial charge on any atom is 0.311 e. The van der Waals surface area contributed by atoms with Crippen molar-refractivity contribution in [2.24, 2.45) is 5.92 Å². The molecule has 1 rings (SSSR count). The second kappa shape index (κ2) is 6.12. The summed E-state index contributed by atoms with van der Waals surface area (Å²) in [4.78, 5) is 21.9. The predicted molar refractivity (Wildman–Crippen MR) is 57.6 cm³/mol. The SMILES string of the molecule is COC(=O)C1CCC(CSC(C)=O)OC1. The minimum Gasteiger partial charge on any atom is -0.469 e. The van der Waals surface area contributed by atoms with Crippen LogP contribution in [0.1, 0.15) is 19.8 Å². The molecule has 1 saturated heterocycles. The third-order valence-corrected chi connectivity index (χ3v) is 3.32. The molecular formula is C10H16O4S. The van der Waals surface area contributed by atoms with Gasteiger partial charge in [0.1, 0.15) is 0 Å². The number of esters is 1. The molecule has 15 heavy (non-hydrogen) atoms. The molecule has 1 heterocycles. The average molecular weight is 232 g/mol. The molecule has 5 heteroatoms. The molecule has 0 bridgehead atoms. The molecule has 1 aliphatic heterocycles. The quantitative estimate of drug-likeness (QED) is 0.685. The Morgan fingerprint density at radius 3 is 2.67 bits per heavy atom. The van der Waals surface area contributed by atoms with Crippen LogP contribution in [-0.2, 0) is 19.1 Å². The van der Waals surface area contributed by atoms with Crippen molar-refractivity contribution in [1.29, 1.82) is 0 Å². The molecule has 86 valence electrons. The average Bonchev–Trinajstić information content (AvgIpc) is 2.26. The standard InChI is InChI=1S/C10H16O4S/c1-7(11)15-6-9-4-3-8(5-14-9)10(12)13-2/h8-9H,3-6H2,1-2H3. The Kier molecular flexibility index (Phi) is 5.11. The summed E-state index contributed by atoms with van der Waals surface area (Å²) >= 11 is 1.27. The van der Waals surface area contributed by atoms with Crippen molar-refractivity contribution in [1.82, 2.24) is 0 Å². The van der Waals surface area contributed by atoms with Crippen molar-refractivity contribution in [2.45, 2.75) is 25.9 Å². The summed E-state index contributed by atoms with van der Waals surface area (Å²) in [5.41, 5.74) is 0. The van der Waals surface area contributed by atoms with Crippen molar-refractivity contribution < 1.29 is 19.1 Å². The van der Waals surface area contributed by atoms with Crippen LogP contribution in [0.3, 0.4) is 0 Å². The van der Waals surface area contributed by atoms with Gasteiger partial charge < -0.3 is 9.47 Å². The maximum atomic E-state index is 11.2. The van der Waals surface area contributed by atoms with Gasteiger partial charge in [-0.05, 0) is 12.8 Å². The molecule has 0 aromatic heterocycles. The first-order chi connectivity index (χ1) is 7.13. The van der Waals surface area contributed by atoms with E-state index in [4.69, 9.17) is 4.74 Å². The fraction of sp³-hybridized carbons (Fsp3) is 0.800. The third-order valence-electron chi connectivity index (χ3n) is 2.38. The normalized spacial score (nSPS) is 26.0. The van der Waals surface area contributed by atoms with Gasteiger partial charge in [0.05, 0.1) is 25.7 Å². The highest BCUT2D eigenvalue weighted by Crippen LogP contribution is 2.22. The van der Waals surface area contributed by atoms with Gasteiger partial charge in [0.2, 0.25) is 0 Å². The molecule has 2 atom stereocenters. The van der Waals surface area contributed by atoms with Crippen LogP contribution in [0.15, 0.2) is 0 Å². The molecule has 0 N–H and O–H groups in total. The minimum atomic E-state index is -0.201. The van der Waals surface area contributed by atoms with Gasteiger partial charge >= 0.3 is 5.97 Å². The zero-order valence-electron chi connectivity index (χ0n) is 9.02. The highest BCUT2D eigenvalue weighted by atomic mass is 32.2. The van der Waals surface area contributed by atoms with E-state index in [0.717, 1.165) is 12.8 Å². The summed E-state index contributed by atoms with van der Waals surface area (Å²) in [6.07, 6.45) is 1.70.